The highest BCUT2D eigenvalue weighted by molar-refractivity contribution is 8.00. The molecule has 0 saturated carbocycles. The number of nitrogens with one attached hydrogen (secondary N) is 1. The van der Waals surface area contributed by atoms with Gasteiger partial charge in [-0.2, -0.15) is 4.68 Å². The Bertz CT molecular complexity index is 1210. The van der Waals surface area contributed by atoms with Crippen LogP contribution in [-0.4, -0.2) is 31.8 Å². The van der Waals surface area contributed by atoms with Crippen LogP contribution in [0.5, 0.6) is 5.75 Å². The van der Waals surface area contributed by atoms with Crippen molar-refractivity contribution in [3.8, 4) is 5.75 Å². The van der Waals surface area contributed by atoms with Crippen molar-refractivity contribution < 1.29 is 18.7 Å². The molecule has 1 N–H and O–H groups in total. The van der Waals surface area contributed by atoms with Gasteiger partial charge in [-0.1, -0.05) is 56.3 Å². The van der Waals surface area contributed by atoms with Gasteiger partial charge in [0.1, 0.15) is 23.4 Å². The first-order valence-corrected chi connectivity index (χ1v) is 11.5. The van der Waals surface area contributed by atoms with Gasteiger partial charge in [-0.3, -0.25) is 9.59 Å². The summed E-state index contributed by atoms with van der Waals surface area (Å²) in [5.74, 6) is -0.219. The summed E-state index contributed by atoms with van der Waals surface area (Å²) >= 11 is 6.90. The average Bonchev–Trinajstić information content (AvgIpc) is 3.27. The predicted molar refractivity (Wildman–Crippen MR) is 124 cm³/mol. The number of anilines is 1. The molecule has 1 unspecified atom stereocenters. The fraction of sp³-hybridized carbons (Fsp3) is 0.304. The highest BCUT2D eigenvalue weighted by Crippen LogP contribution is 2.33. The van der Waals surface area contributed by atoms with Crippen LogP contribution in [0.2, 0.25) is 5.02 Å². The second-order valence-electron chi connectivity index (χ2n) is 8.61. The molecule has 0 spiro atoms. The molecule has 7 nitrogen and oxygen atoms in total. The Hall–Kier alpha value is -2.91. The van der Waals surface area contributed by atoms with E-state index in [2.05, 4.69) is 36.2 Å². The SMILES string of the molecule is CC(C)(C)c1ccc(OCc2nc3n(n2)C(=O)C(CC(=O)Nc2ccc(F)c(Cl)c2)S3)cc1. The summed E-state index contributed by atoms with van der Waals surface area (Å²) in [5, 5.41) is 6.52. The summed E-state index contributed by atoms with van der Waals surface area (Å²) in [6, 6.07) is 11.7. The molecule has 0 bridgehead atoms. The van der Waals surface area contributed by atoms with Crippen LogP contribution >= 0.6 is 23.4 Å². The number of carbonyl (C=O) groups is 2. The first-order chi connectivity index (χ1) is 15.6. The van der Waals surface area contributed by atoms with Crippen LogP contribution < -0.4 is 10.1 Å². The lowest BCUT2D eigenvalue weighted by Gasteiger charge is -2.19. The van der Waals surface area contributed by atoms with Crippen molar-refractivity contribution in [2.24, 2.45) is 0 Å². The quantitative estimate of drug-likeness (QED) is 0.520. The van der Waals surface area contributed by atoms with Crippen molar-refractivity contribution in [1.82, 2.24) is 14.8 Å². The summed E-state index contributed by atoms with van der Waals surface area (Å²) in [6.07, 6.45) is -0.0739. The van der Waals surface area contributed by atoms with Crippen molar-refractivity contribution >= 4 is 40.9 Å². The fourth-order valence-electron chi connectivity index (χ4n) is 3.22. The van der Waals surface area contributed by atoms with Gasteiger partial charge in [0.25, 0.3) is 5.91 Å². The molecule has 0 saturated heterocycles. The molecule has 33 heavy (non-hydrogen) atoms. The fourth-order valence-corrected chi connectivity index (χ4v) is 4.47. The number of fused-ring (bicyclic) bond motifs is 1. The number of carbonyl (C=O) groups excluding carboxylic acids is 2. The van der Waals surface area contributed by atoms with Crippen LogP contribution in [0.15, 0.2) is 47.6 Å². The monoisotopic (exact) mass is 488 g/mol. The number of nitrogens with zero attached hydrogens (tertiary/aromatic N) is 3. The van der Waals surface area contributed by atoms with Gasteiger partial charge in [0.05, 0.1) is 5.02 Å². The normalized spacial score (nSPS) is 15.4. The molecule has 172 valence electrons. The third kappa shape index (κ3) is 5.36. The van der Waals surface area contributed by atoms with E-state index in [1.165, 1.54) is 34.1 Å². The van der Waals surface area contributed by atoms with Gasteiger partial charge in [-0.05, 0) is 41.3 Å². The Kier molecular flexibility index (Phi) is 6.45. The van der Waals surface area contributed by atoms with Gasteiger partial charge in [-0.15, -0.1) is 5.10 Å². The van der Waals surface area contributed by atoms with Gasteiger partial charge < -0.3 is 10.1 Å². The Balaban J connectivity index is 1.32. The first-order valence-electron chi connectivity index (χ1n) is 10.3. The van der Waals surface area contributed by atoms with Crippen molar-refractivity contribution in [3.05, 3.63) is 64.7 Å². The zero-order valence-corrected chi connectivity index (χ0v) is 19.8. The van der Waals surface area contributed by atoms with Crippen LogP contribution in [0, 0.1) is 5.82 Å². The Labute approximate surface area is 199 Å². The number of aromatic nitrogens is 3. The third-order valence-corrected chi connectivity index (χ3v) is 6.43. The van der Waals surface area contributed by atoms with Gasteiger partial charge in [0.15, 0.2) is 11.0 Å². The zero-order valence-electron chi connectivity index (χ0n) is 18.3. The maximum atomic E-state index is 13.3. The van der Waals surface area contributed by atoms with Crippen LogP contribution in [0.4, 0.5) is 10.1 Å². The molecule has 10 heteroatoms. The number of hydrogen-bond acceptors (Lipinski definition) is 6. The predicted octanol–water partition coefficient (Wildman–Crippen LogP) is 5.09. The van der Waals surface area contributed by atoms with Crippen LogP contribution in [0.3, 0.4) is 0 Å². The average molecular weight is 489 g/mol. The summed E-state index contributed by atoms with van der Waals surface area (Å²) < 4.78 is 20.2. The van der Waals surface area contributed by atoms with E-state index in [0.717, 1.165) is 6.07 Å². The number of hydrogen-bond donors (Lipinski definition) is 1. The minimum absolute atomic E-state index is 0.0574. The molecule has 3 aromatic rings. The smallest absolute Gasteiger partial charge is 0.263 e. The summed E-state index contributed by atoms with van der Waals surface area (Å²) in [4.78, 5) is 29.3. The van der Waals surface area contributed by atoms with Crippen LogP contribution in [-0.2, 0) is 16.8 Å². The lowest BCUT2D eigenvalue weighted by Crippen LogP contribution is -2.25. The van der Waals surface area contributed by atoms with E-state index >= 15 is 0 Å². The number of amides is 1. The molecule has 1 aliphatic rings. The second kappa shape index (κ2) is 9.15. The van der Waals surface area contributed by atoms with Gasteiger partial charge >= 0.3 is 0 Å². The molecule has 1 aliphatic heterocycles. The van der Waals surface area contributed by atoms with Crippen molar-refractivity contribution in [2.45, 2.75) is 49.6 Å². The Morgan fingerprint density at radius 3 is 2.61 bits per heavy atom. The van der Waals surface area contributed by atoms with E-state index in [-0.39, 0.29) is 29.4 Å². The van der Waals surface area contributed by atoms with E-state index < -0.39 is 17.0 Å². The first kappa shape index (κ1) is 23.3. The number of benzene rings is 2. The van der Waals surface area contributed by atoms with E-state index in [1.54, 1.807) is 0 Å². The minimum atomic E-state index is -0.643. The zero-order chi connectivity index (χ0) is 23.8. The third-order valence-electron chi connectivity index (χ3n) is 5.02. The molecular weight excluding hydrogens is 467 g/mol. The minimum Gasteiger partial charge on any atom is -0.486 e. The second-order valence-corrected chi connectivity index (χ2v) is 10.2. The van der Waals surface area contributed by atoms with Gasteiger partial charge in [0.2, 0.25) is 5.91 Å². The maximum Gasteiger partial charge on any atom is 0.263 e. The number of thioether (sulfide) groups is 1. The number of halogens is 2. The summed E-state index contributed by atoms with van der Waals surface area (Å²) in [7, 11) is 0. The van der Waals surface area contributed by atoms with E-state index in [0.29, 0.717) is 22.4 Å². The molecular formula is C23H22ClFN4O3S. The Morgan fingerprint density at radius 1 is 1.24 bits per heavy atom. The molecule has 1 atom stereocenters. The van der Waals surface area contributed by atoms with Crippen molar-refractivity contribution in [3.63, 3.8) is 0 Å². The highest BCUT2D eigenvalue weighted by atomic mass is 35.5. The highest BCUT2D eigenvalue weighted by Gasteiger charge is 2.36. The number of ether oxygens (including phenoxy) is 1. The van der Waals surface area contributed by atoms with Gasteiger partial charge in [0, 0.05) is 12.1 Å². The van der Waals surface area contributed by atoms with Gasteiger partial charge in [-0.25, -0.2) is 9.37 Å². The van der Waals surface area contributed by atoms with E-state index in [9.17, 15) is 14.0 Å². The largest absolute Gasteiger partial charge is 0.486 e. The van der Waals surface area contributed by atoms with E-state index in [4.69, 9.17) is 16.3 Å². The molecule has 1 aromatic heterocycles. The lowest BCUT2D eigenvalue weighted by molar-refractivity contribution is -0.116. The molecule has 0 fully saturated rings. The Morgan fingerprint density at radius 2 is 1.97 bits per heavy atom. The standard InChI is InChI=1S/C23H22ClFN4O3S/c1-23(2,3)13-4-7-15(8-5-13)32-12-19-27-22-29(28-19)21(31)18(33-22)11-20(30)26-14-6-9-17(25)16(24)10-14/h4-10,18H,11-12H2,1-3H3,(H,26,30). The molecule has 2 heterocycles. The molecule has 2 aromatic carbocycles. The maximum absolute atomic E-state index is 13.3. The van der Waals surface area contributed by atoms with E-state index in [1.807, 2.05) is 24.3 Å². The van der Waals surface area contributed by atoms with Crippen molar-refractivity contribution in [1.29, 1.82) is 0 Å². The molecule has 4 rings (SSSR count). The van der Waals surface area contributed by atoms with Crippen LogP contribution in [0.1, 0.15) is 43.4 Å². The summed E-state index contributed by atoms with van der Waals surface area (Å²) in [5.41, 5.74) is 1.61. The molecule has 0 radical (unpaired) electrons. The lowest BCUT2D eigenvalue weighted by atomic mass is 9.87. The van der Waals surface area contributed by atoms with Crippen molar-refractivity contribution in [2.75, 3.05) is 5.32 Å². The molecule has 1 amide bonds. The van der Waals surface area contributed by atoms with Crippen LogP contribution in [0.25, 0.3) is 0 Å². The molecule has 0 aliphatic carbocycles. The topological polar surface area (TPSA) is 86.1 Å². The number of rotatable bonds is 6. The summed E-state index contributed by atoms with van der Waals surface area (Å²) in [6.45, 7) is 6.55.